The summed E-state index contributed by atoms with van der Waals surface area (Å²) in [7, 11) is 0. The van der Waals surface area contributed by atoms with Crippen LogP contribution in [0.1, 0.15) is 73.8 Å². The fourth-order valence-corrected chi connectivity index (χ4v) is 7.38. The van der Waals surface area contributed by atoms with Crippen molar-refractivity contribution in [3.63, 3.8) is 0 Å². The Labute approximate surface area is 237 Å². The lowest BCUT2D eigenvalue weighted by Crippen LogP contribution is -2.46. The summed E-state index contributed by atoms with van der Waals surface area (Å²) >= 11 is 1.85. The summed E-state index contributed by atoms with van der Waals surface area (Å²) in [6.07, 6.45) is 5.41. The molecular formula is C30H35FN4O4S. The average molecular weight is 567 g/mol. The summed E-state index contributed by atoms with van der Waals surface area (Å²) in [5.74, 6) is 0.0677. The van der Waals surface area contributed by atoms with Crippen molar-refractivity contribution in [3.8, 4) is 0 Å². The minimum absolute atomic E-state index is 0.0378. The molecule has 0 bridgehead atoms. The fourth-order valence-electron chi connectivity index (χ4n) is 6.30. The summed E-state index contributed by atoms with van der Waals surface area (Å²) in [4.78, 5) is 58.2. The van der Waals surface area contributed by atoms with Gasteiger partial charge in [-0.15, -0.1) is 0 Å². The van der Waals surface area contributed by atoms with Gasteiger partial charge in [-0.25, -0.2) is 9.37 Å². The van der Waals surface area contributed by atoms with Gasteiger partial charge in [0.1, 0.15) is 17.7 Å². The van der Waals surface area contributed by atoms with E-state index in [9.17, 15) is 23.6 Å². The van der Waals surface area contributed by atoms with Gasteiger partial charge in [-0.3, -0.25) is 24.1 Å². The molecule has 2 fully saturated rings. The van der Waals surface area contributed by atoms with Crippen molar-refractivity contribution in [2.45, 2.75) is 70.0 Å². The van der Waals surface area contributed by atoms with Gasteiger partial charge in [0.25, 0.3) is 0 Å². The zero-order chi connectivity index (χ0) is 28.2. The first kappa shape index (κ1) is 28.3. The summed E-state index contributed by atoms with van der Waals surface area (Å²) in [5, 5.41) is 5.81. The molecular weight excluding hydrogens is 531 g/mol. The van der Waals surface area contributed by atoms with Crippen molar-refractivity contribution >= 4 is 41.1 Å². The molecule has 0 radical (unpaired) electrons. The van der Waals surface area contributed by atoms with Crippen molar-refractivity contribution in [2.75, 3.05) is 16.4 Å². The van der Waals surface area contributed by atoms with Crippen molar-refractivity contribution in [1.29, 1.82) is 0 Å². The van der Waals surface area contributed by atoms with Crippen LogP contribution in [0.15, 0.2) is 42.6 Å². The Morgan fingerprint density at radius 3 is 2.42 bits per heavy atom. The molecule has 3 aliphatic rings. The predicted octanol–water partition coefficient (Wildman–Crippen LogP) is 4.20. The predicted molar refractivity (Wildman–Crippen MR) is 151 cm³/mol. The number of hydrogen-bond acceptors (Lipinski definition) is 6. The highest BCUT2D eigenvalue weighted by atomic mass is 32.2. The summed E-state index contributed by atoms with van der Waals surface area (Å²) in [6.45, 7) is 1.38. The fraction of sp³-hybridized carbons (Fsp3) is 0.500. The van der Waals surface area contributed by atoms with Gasteiger partial charge < -0.3 is 10.6 Å². The maximum absolute atomic E-state index is 14.3. The van der Waals surface area contributed by atoms with Crippen LogP contribution in [0.2, 0.25) is 0 Å². The molecule has 1 aromatic heterocycles. The molecule has 1 aromatic carbocycles. The average Bonchev–Trinajstić information content (AvgIpc) is 3.06. The van der Waals surface area contributed by atoms with Gasteiger partial charge in [-0.2, -0.15) is 11.8 Å². The topological polar surface area (TPSA) is 108 Å². The number of carbonyl (C=O) groups is 4. The molecule has 3 heterocycles. The van der Waals surface area contributed by atoms with Gasteiger partial charge >= 0.3 is 0 Å². The molecule has 5 rings (SSSR count). The van der Waals surface area contributed by atoms with Crippen LogP contribution >= 0.6 is 11.8 Å². The minimum atomic E-state index is -0.791. The number of ketones is 1. The molecule has 3 amide bonds. The number of amides is 3. The van der Waals surface area contributed by atoms with E-state index in [2.05, 4.69) is 15.6 Å². The van der Waals surface area contributed by atoms with Crippen molar-refractivity contribution in [3.05, 3.63) is 59.5 Å². The number of fused-ring (bicyclic) bond motifs is 1. The lowest BCUT2D eigenvalue weighted by atomic mass is 9.74. The molecule has 2 N–H and O–H groups in total. The summed E-state index contributed by atoms with van der Waals surface area (Å²) < 4.78 is 14.3. The first-order chi connectivity index (χ1) is 19.3. The number of nitrogens with zero attached hydrogens (tertiary/aromatic N) is 2. The van der Waals surface area contributed by atoms with E-state index in [0.717, 1.165) is 30.5 Å². The Morgan fingerprint density at radius 2 is 1.75 bits per heavy atom. The van der Waals surface area contributed by atoms with E-state index in [1.165, 1.54) is 13.0 Å². The number of carbonyl (C=O) groups excluding carboxylic acids is 4. The zero-order valence-electron chi connectivity index (χ0n) is 22.6. The van der Waals surface area contributed by atoms with Crippen LogP contribution in [0.4, 0.5) is 10.2 Å². The van der Waals surface area contributed by atoms with Gasteiger partial charge in [0.05, 0.1) is 11.8 Å². The van der Waals surface area contributed by atoms with Crippen LogP contribution in [-0.2, 0) is 14.4 Å². The Morgan fingerprint density at radius 1 is 1.05 bits per heavy atom. The maximum Gasteiger partial charge on any atom is 0.247 e. The van der Waals surface area contributed by atoms with E-state index in [1.807, 2.05) is 30.0 Å². The molecule has 1 unspecified atom stereocenters. The molecule has 40 heavy (non-hydrogen) atoms. The molecule has 2 aliphatic heterocycles. The number of rotatable bonds is 6. The third kappa shape index (κ3) is 6.22. The van der Waals surface area contributed by atoms with Crippen LogP contribution in [0, 0.1) is 17.7 Å². The number of thioether (sulfide) groups is 1. The molecule has 2 aromatic rings. The molecule has 8 nitrogen and oxygen atoms in total. The number of halogens is 1. The number of hydrogen-bond donors (Lipinski definition) is 2. The number of anilines is 1. The van der Waals surface area contributed by atoms with Crippen molar-refractivity contribution < 1.29 is 23.6 Å². The van der Waals surface area contributed by atoms with Crippen LogP contribution < -0.4 is 15.5 Å². The second kappa shape index (κ2) is 12.5. The van der Waals surface area contributed by atoms with Gasteiger partial charge in [0.15, 0.2) is 5.78 Å². The lowest BCUT2D eigenvalue weighted by molar-refractivity contribution is -0.129. The Bertz CT molecular complexity index is 1260. The Kier molecular flexibility index (Phi) is 8.83. The van der Waals surface area contributed by atoms with E-state index < -0.39 is 17.8 Å². The highest BCUT2D eigenvalue weighted by Crippen LogP contribution is 2.40. The summed E-state index contributed by atoms with van der Waals surface area (Å²) in [5.41, 5.74) is 0.901. The van der Waals surface area contributed by atoms with Gasteiger partial charge in [0, 0.05) is 31.3 Å². The highest BCUT2D eigenvalue weighted by molar-refractivity contribution is 7.99. The molecule has 0 spiro atoms. The van der Waals surface area contributed by atoms with Crippen LogP contribution in [0.5, 0.6) is 0 Å². The van der Waals surface area contributed by atoms with Crippen molar-refractivity contribution in [2.24, 2.45) is 11.8 Å². The third-order valence-corrected chi connectivity index (χ3v) is 9.36. The number of Topliss-reactive ketones (excluding diaryl/α,β-unsaturated/α-hetero) is 1. The van der Waals surface area contributed by atoms with E-state index in [1.54, 1.807) is 17.0 Å². The Balaban J connectivity index is 1.28. The van der Waals surface area contributed by atoms with Crippen LogP contribution in [0.3, 0.4) is 0 Å². The molecule has 1 saturated carbocycles. The highest BCUT2D eigenvalue weighted by Gasteiger charge is 2.42. The molecule has 2 atom stereocenters. The number of pyridine rings is 1. The normalized spacial score (nSPS) is 24.6. The third-order valence-electron chi connectivity index (χ3n) is 8.31. The molecule has 10 heteroatoms. The van der Waals surface area contributed by atoms with Crippen LogP contribution in [0.25, 0.3) is 0 Å². The van der Waals surface area contributed by atoms with Crippen LogP contribution in [-0.4, -0.2) is 52.1 Å². The van der Waals surface area contributed by atoms with E-state index in [-0.39, 0.29) is 53.5 Å². The lowest BCUT2D eigenvalue weighted by Gasteiger charge is -2.34. The smallest absolute Gasteiger partial charge is 0.247 e. The second-order valence-corrected chi connectivity index (χ2v) is 12.2. The first-order valence-electron chi connectivity index (χ1n) is 14.0. The maximum atomic E-state index is 14.3. The SMILES string of the molecule is CC(=O)N[C@@H](C(=O)NC1CCC(C2CC(=O)N(C3CCSCC3)c3ncc(F)cc3C2=O)CC1)c1ccccc1. The minimum Gasteiger partial charge on any atom is -0.351 e. The monoisotopic (exact) mass is 566 g/mol. The van der Waals surface area contributed by atoms with Gasteiger partial charge in [-0.05, 0) is 67.6 Å². The van der Waals surface area contributed by atoms with E-state index in [4.69, 9.17) is 0 Å². The Hall–Kier alpha value is -3.27. The summed E-state index contributed by atoms with van der Waals surface area (Å²) in [6, 6.07) is 9.39. The van der Waals surface area contributed by atoms with Gasteiger partial charge in [0.2, 0.25) is 17.7 Å². The quantitative estimate of drug-likeness (QED) is 0.543. The number of benzene rings is 1. The van der Waals surface area contributed by atoms with E-state index in [0.29, 0.717) is 37.1 Å². The number of aromatic nitrogens is 1. The first-order valence-corrected chi connectivity index (χ1v) is 15.2. The molecule has 1 saturated heterocycles. The molecule has 1 aliphatic carbocycles. The standard InChI is InChI=1S/C30H35FN4O4S/c1-18(36)33-27(20-5-3-2-4-6-20)30(39)34-22-9-7-19(8-10-22)24-16-26(37)35(23-11-13-40-14-12-23)29-25(28(24)38)15-21(31)17-32-29/h2-6,15,17,19,22-24,27H,7-14,16H2,1H3,(H,33,36)(H,34,39)/t19?,22?,24?,27-/m1/s1. The van der Waals surface area contributed by atoms with Crippen molar-refractivity contribution in [1.82, 2.24) is 15.6 Å². The van der Waals surface area contributed by atoms with E-state index >= 15 is 0 Å². The van der Waals surface area contributed by atoms with Gasteiger partial charge in [-0.1, -0.05) is 30.3 Å². The second-order valence-electron chi connectivity index (χ2n) is 11.0. The zero-order valence-corrected chi connectivity index (χ0v) is 23.4. The molecule has 212 valence electrons. The number of nitrogens with one attached hydrogen (secondary N) is 2. The largest absolute Gasteiger partial charge is 0.351 e.